The predicted molar refractivity (Wildman–Crippen MR) is 112 cm³/mol. The number of hydrogen-bond donors (Lipinski definition) is 1. The van der Waals surface area contributed by atoms with Crippen molar-refractivity contribution < 1.29 is 9.53 Å². The highest BCUT2D eigenvalue weighted by molar-refractivity contribution is 5.95. The molecule has 0 saturated carbocycles. The van der Waals surface area contributed by atoms with E-state index in [-0.39, 0.29) is 11.5 Å². The van der Waals surface area contributed by atoms with Gasteiger partial charge in [-0.1, -0.05) is 12.1 Å². The lowest BCUT2D eigenvalue weighted by Gasteiger charge is -2.29. The van der Waals surface area contributed by atoms with Gasteiger partial charge in [-0.25, -0.2) is 9.78 Å². The number of aromatic amines is 1. The molecule has 1 aromatic carbocycles. The van der Waals surface area contributed by atoms with E-state index in [1.807, 2.05) is 0 Å². The van der Waals surface area contributed by atoms with Crippen LogP contribution in [0.2, 0.25) is 0 Å². The fourth-order valence-corrected chi connectivity index (χ4v) is 3.49. The average molecular weight is 408 g/mol. The second kappa shape index (κ2) is 8.50. The summed E-state index contributed by atoms with van der Waals surface area (Å²) in [5.74, 6) is 0.327. The van der Waals surface area contributed by atoms with Gasteiger partial charge < -0.3 is 14.5 Å². The van der Waals surface area contributed by atoms with Crippen molar-refractivity contribution in [1.29, 1.82) is 0 Å². The molecule has 1 N–H and O–H groups in total. The number of ether oxygens (including phenoxy) is 1. The van der Waals surface area contributed by atoms with Crippen LogP contribution in [-0.4, -0.2) is 64.1 Å². The third-order valence-electron chi connectivity index (χ3n) is 5.20. The van der Waals surface area contributed by atoms with Crippen LogP contribution in [0.1, 0.15) is 21.6 Å². The zero-order chi connectivity index (χ0) is 21.1. The van der Waals surface area contributed by atoms with Crippen molar-refractivity contribution in [2.45, 2.75) is 13.5 Å². The number of anilines is 1. The summed E-state index contributed by atoms with van der Waals surface area (Å²) in [6.45, 7) is 5.58. The summed E-state index contributed by atoms with van der Waals surface area (Å²) in [6.07, 6.45) is 1.53. The lowest BCUT2D eigenvalue weighted by molar-refractivity contribution is 0.0784. The minimum absolute atomic E-state index is 0.125. The molecule has 156 valence electrons. The van der Waals surface area contributed by atoms with Crippen LogP contribution in [-0.2, 0) is 11.3 Å². The second-order valence-electron chi connectivity index (χ2n) is 7.26. The molecule has 4 rings (SSSR count). The highest BCUT2D eigenvalue weighted by atomic mass is 16.5. The van der Waals surface area contributed by atoms with Crippen molar-refractivity contribution in [3.05, 3.63) is 69.8 Å². The molecule has 0 unspecified atom stereocenters. The molecule has 0 radical (unpaired) electrons. The van der Waals surface area contributed by atoms with Gasteiger partial charge in [0.15, 0.2) is 5.82 Å². The molecule has 1 fully saturated rings. The van der Waals surface area contributed by atoms with E-state index in [0.29, 0.717) is 23.6 Å². The molecule has 0 spiro atoms. The first-order chi connectivity index (χ1) is 14.5. The number of hydrogen-bond acceptors (Lipinski definition) is 6. The molecule has 0 aliphatic carbocycles. The third-order valence-corrected chi connectivity index (χ3v) is 5.20. The van der Waals surface area contributed by atoms with E-state index < -0.39 is 0 Å². The highest BCUT2D eigenvalue weighted by Crippen LogP contribution is 2.19. The van der Waals surface area contributed by atoms with Gasteiger partial charge in [0.1, 0.15) is 0 Å². The monoisotopic (exact) mass is 408 g/mol. The van der Waals surface area contributed by atoms with Crippen molar-refractivity contribution in [3.63, 3.8) is 0 Å². The highest BCUT2D eigenvalue weighted by Gasteiger charge is 2.19. The Morgan fingerprint density at radius 1 is 1.17 bits per heavy atom. The quantitative estimate of drug-likeness (QED) is 0.685. The fraction of sp³-hybridized carbons (Fsp3) is 0.333. The lowest BCUT2D eigenvalue weighted by Crippen LogP contribution is -2.36. The Bertz CT molecular complexity index is 1060. The number of nitrogens with one attached hydrogen (secondary N) is 1. The average Bonchev–Trinajstić information content (AvgIpc) is 3.16. The van der Waals surface area contributed by atoms with Crippen molar-refractivity contribution in [1.82, 2.24) is 24.9 Å². The number of morpholine rings is 1. The minimum atomic E-state index is -0.292. The minimum Gasteiger partial charge on any atom is -0.378 e. The van der Waals surface area contributed by atoms with Crippen molar-refractivity contribution in [2.24, 2.45) is 0 Å². The first kappa shape index (κ1) is 19.8. The van der Waals surface area contributed by atoms with Crippen LogP contribution in [0.4, 0.5) is 5.69 Å². The number of amides is 1. The Labute approximate surface area is 173 Å². The van der Waals surface area contributed by atoms with Gasteiger partial charge >= 0.3 is 0 Å². The van der Waals surface area contributed by atoms with Gasteiger partial charge in [0.2, 0.25) is 0 Å². The van der Waals surface area contributed by atoms with Gasteiger partial charge in [-0.15, -0.1) is 0 Å². The Hall–Kier alpha value is -3.46. The number of aromatic nitrogens is 4. The van der Waals surface area contributed by atoms with Crippen molar-refractivity contribution >= 4 is 11.6 Å². The predicted octanol–water partition coefficient (Wildman–Crippen LogP) is 1.37. The zero-order valence-corrected chi connectivity index (χ0v) is 17.0. The maximum atomic E-state index is 13.0. The number of nitrogens with zero attached hydrogens (tertiary/aromatic N) is 5. The van der Waals surface area contributed by atoms with E-state index >= 15 is 0 Å². The van der Waals surface area contributed by atoms with E-state index in [2.05, 4.69) is 44.5 Å². The van der Waals surface area contributed by atoms with Crippen LogP contribution in [0.5, 0.6) is 0 Å². The Balaban J connectivity index is 1.45. The third kappa shape index (κ3) is 4.11. The Morgan fingerprint density at radius 2 is 1.90 bits per heavy atom. The van der Waals surface area contributed by atoms with E-state index in [1.165, 1.54) is 22.6 Å². The topological polar surface area (TPSA) is 96.4 Å². The van der Waals surface area contributed by atoms with Crippen LogP contribution in [0, 0.1) is 6.92 Å². The first-order valence-electron chi connectivity index (χ1n) is 9.81. The number of H-pyrrole nitrogens is 1. The molecule has 1 saturated heterocycles. The maximum absolute atomic E-state index is 13.0. The van der Waals surface area contributed by atoms with E-state index in [4.69, 9.17) is 4.74 Å². The molecular weight excluding hydrogens is 384 g/mol. The first-order valence-corrected chi connectivity index (χ1v) is 9.81. The SMILES string of the molecule is Cc1c(C(=O)N(C)Cc2ccc(N3CCOCC3)cc2)cnn1-c1ccc(=O)[nH]n1. The van der Waals surface area contributed by atoms with Crippen LogP contribution < -0.4 is 10.5 Å². The van der Waals surface area contributed by atoms with Crippen LogP contribution in [0.25, 0.3) is 5.82 Å². The standard InChI is InChI=1S/C21H24N6O3/c1-15-18(13-22-27(15)19-7-8-20(28)24-23-19)21(29)25(2)14-16-3-5-17(6-4-16)26-9-11-30-12-10-26/h3-8,13H,9-12,14H2,1-2H3,(H,24,28). The van der Waals surface area contributed by atoms with Gasteiger partial charge in [-0.2, -0.15) is 10.2 Å². The Morgan fingerprint density at radius 3 is 2.57 bits per heavy atom. The molecule has 0 atom stereocenters. The summed E-state index contributed by atoms with van der Waals surface area (Å²) < 4.78 is 6.93. The molecular formula is C21H24N6O3. The number of benzene rings is 1. The molecule has 30 heavy (non-hydrogen) atoms. The summed E-state index contributed by atoms with van der Waals surface area (Å²) in [6, 6.07) is 11.2. The van der Waals surface area contributed by atoms with Crippen LogP contribution in [0.3, 0.4) is 0 Å². The maximum Gasteiger partial charge on any atom is 0.264 e. The molecule has 9 nitrogen and oxygen atoms in total. The van der Waals surface area contributed by atoms with Gasteiger partial charge in [-0.05, 0) is 30.7 Å². The van der Waals surface area contributed by atoms with Gasteiger partial charge in [-0.3, -0.25) is 9.59 Å². The molecule has 1 aliphatic rings. The molecule has 3 aromatic rings. The van der Waals surface area contributed by atoms with Crippen molar-refractivity contribution in [3.8, 4) is 5.82 Å². The molecule has 1 aliphatic heterocycles. The van der Waals surface area contributed by atoms with Crippen LogP contribution in [0.15, 0.2) is 47.4 Å². The lowest BCUT2D eigenvalue weighted by atomic mass is 10.1. The zero-order valence-electron chi connectivity index (χ0n) is 17.0. The van der Waals surface area contributed by atoms with E-state index in [0.717, 1.165) is 31.9 Å². The van der Waals surface area contributed by atoms with Crippen molar-refractivity contribution in [2.75, 3.05) is 38.3 Å². The van der Waals surface area contributed by atoms with Gasteiger partial charge in [0, 0.05) is 38.4 Å². The molecule has 2 aromatic heterocycles. The van der Waals surface area contributed by atoms with E-state index in [1.54, 1.807) is 24.9 Å². The molecule has 9 heteroatoms. The Kier molecular flexibility index (Phi) is 5.62. The van der Waals surface area contributed by atoms with Crippen LogP contribution >= 0.6 is 0 Å². The number of rotatable bonds is 5. The number of carbonyl (C=O) groups is 1. The summed E-state index contributed by atoms with van der Waals surface area (Å²) in [7, 11) is 1.77. The van der Waals surface area contributed by atoms with Gasteiger partial charge in [0.05, 0.1) is 30.7 Å². The largest absolute Gasteiger partial charge is 0.378 e. The summed E-state index contributed by atoms with van der Waals surface area (Å²) in [4.78, 5) is 28.1. The molecule has 1 amide bonds. The summed E-state index contributed by atoms with van der Waals surface area (Å²) >= 11 is 0. The summed E-state index contributed by atoms with van der Waals surface area (Å²) in [5, 5.41) is 10.6. The number of carbonyl (C=O) groups excluding carboxylic acids is 1. The normalized spacial score (nSPS) is 14.0. The molecule has 0 bridgehead atoms. The molecule has 3 heterocycles. The second-order valence-corrected chi connectivity index (χ2v) is 7.26. The summed E-state index contributed by atoms with van der Waals surface area (Å²) in [5.41, 5.74) is 3.08. The smallest absolute Gasteiger partial charge is 0.264 e. The fourth-order valence-electron chi connectivity index (χ4n) is 3.49. The van der Waals surface area contributed by atoms with E-state index in [9.17, 15) is 9.59 Å². The van der Waals surface area contributed by atoms with Gasteiger partial charge in [0.25, 0.3) is 11.5 Å².